The molecule has 0 atom stereocenters. The van der Waals surface area contributed by atoms with Crippen LogP contribution < -0.4 is 5.32 Å². The number of nitrogens with zero attached hydrogens (tertiary/aromatic N) is 1. The maximum Gasteiger partial charge on any atom is 0.241 e. The third-order valence-electron chi connectivity index (χ3n) is 2.96. The molecule has 0 saturated heterocycles. The Balaban J connectivity index is 1.85. The number of hydrogen-bond donors (Lipinski definition) is 1. The molecule has 0 fully saturated rings. The van der Waals surface area contributed by atoms with Crippen LogP contribution in [0.2, 0.25) is 0 Å². The average molecular weight is 333 g/mol. The van der Waals surface area contributed by atoms with Gasteiger partial charge in [-0.3, -0.25) is 4.79 Å². The van der Waals surface area contributed by atoms with E-state index in [1.165, 1.54) is 0 Å². The van der Waals surface area contributed by atoms with E-state index >= 15 is 0 Å². The first-order chi connectivity index (χ1) is 9.65. The first kappa shape index (κ1) is 14.6. The molecule has 1 amide bonds. The van der Waals surface area contributed by atoms with Gasteiger partial charge in [0.1, 0.15) is 0 Å². The molecular weight excluding hydrogens is 316 g/mol. The molecule has 2 aromatic carbocycles. The smallest absolute Gasteiger partial charge is 0.241 e. The molecule has 0 aliphatic rings. The van der Waals surface area contributed by atoms with Gasteiger partial charge in [-0.1, -0.05) is 52.3 Å². The summed E-state index contributed by atoms with van der Waals surface area (Å²) in [6, 6.07) is 17.7. The molecular formula is C16H17BrN2O. The van der Waals surface area contributed by atoms with Crippen molar-refractivity contribution in [2.75, 3.05) is 18.9 Å². The van der Waals surface area contributed by atoms with E-state index in [9.17, 15) is 4.79 Å². The zero-order valence-corrected chi connectivity index (χ0v) is 12.9. The fourth-order valence-corrected chi connectivity index (χ4v) is 2.26. The molecule has 0 aromatic heterocycles. The molecule has 0 bridgehead atoms. The van der Waals surface area contributed by atoms with Crippen LogP contribution in [-0.4, -0.2) is 24.4 Å². The first-order valence-corrected chi connectivity index (χ1v) is 7.22. The molecule has 4 heteroatoms. The molecule has 1 N–H and O–H groups in total. The minimum atomic E-state index is 0.0637. The summed E-state index contributed by atoms with van der Waals surface area (Å²) in [5.74, 6) is 0.0637. The van der Waals surface area contributed by atoms with Gasteiger partial charge in [0, 0.05) is 23.8 Å². The van der Waals surface area contributed by atoms with Gasteiger partial charge >= 0.3 is 0 Å². The van der Waals surface area contributed by atoms with E-state index in [4.69, 9.17) is 0 Å². The summed E-state index contributed by atoms with van der Waals surface area (Å²) >= 11 is 3.41. The topological polar surface area (TPSA) is 32.3 Å². The van der Waals surface area contributed by atoms with Gasteiger partial charge in [0.15, 0.2) is 0 Å². The Morgan fingerprint density at radius 2 is 1.90 bits per heavy atom. The molecule has 0 aliphatic heterocycles. The summed E-state index contributed by atoms with van der Waals surface area (Å²) in [7, 11) is 1.82. The Kier molecular flexibility index (Phi) is 5.18. The molecule has 0 unspecified atom stereocenters. The maximum atomic E-state index is 12.1. The lowest BCUT2D eigenvalue weighted by atomic mass is 10.2. The lowest BCUT2D eigenvalue weighted by Gasteiger charge is -2.18. The number of carbonyl (C=O) groups excluding carboxylic acids is 1. The third-order valence-corrected chi connectivity index (χ3v) is 3.45. The summed E-state index contributed by atoms with van der Waals surface area (Å²) in [6.45, 7) is 0.916. The Labute approximate surface area is 127 Å². The number of amides is 1. The molecule has 0 radical (unpaired) electrons. The van der Waals surface area contributed by atoms with Crippen LogP contribution in [0.25, 0.3) is 0 Å². The van der Waals surface area contributed by atoms with Crippen LogP contribution in [0.5, 0.6) is 0 Å². The highest BCUT2D eigenvalue weighted by Crippen LogP contribution is 2.15. The number of carbonyl (C=O) groups is 1. The predicted octanol–water partition coefficient (Wildman–Crippen LogP) is 3.52. The van der Waals surface area contributed by atoms with Crippen molar-refractivity contribution >= 4 is 27.5 Å². The van der Waals surface area contributed by atoms with E-state index in [2.05, 4.69) is 21.2 Å². The molecule has 0 saturated carbocycles. The maximum absolute atomic E-state index is 12.1. The lowest BCUT2D eigenvalue weighted by Crippen LogP contribution is -2.31. The van der Waals surface area contributed by atoms with Gasteiger partial charge in [0.25, 0.3) is 0 Å². The number of halogens is 1. The molecule has 104 valence electrons. The number of rotatable bonds is 5. The van der Waals surface area contributed by atoms with Crippen LogP contribution in [0.3, 0.4) is 0 Å². The molecule has 0 aliphatic carbocycles. The van der Waals surface area contributed by atoms with E-state index in [-0.39, 0.29) is 5.91 Å². The molecule has 0 heterocycles. The Bertz CT molecular complexity index is 572. The number of benzene rings is 2. The first-order valence-electron chi connectivity index (χ1n) is 6.42. The minimum absolute atomic E-state index is 0.0637. The molecule has 3 nitrogen and oxygen atoms in total. The Hall–Kier alpha value is -1.81. The van der Waals surface area contributed by atoms with E-state index in [0.717, 1.165) is 15.7 Å². The van der Waals surface area contributed by atoms with Crippen molar-refractivity contribution < 1.29 is 4.79 Å². The van der Waals surface area contributed by atoms with Crippen molar-refractivity contribution in [3.8, 4) is 0 Å². The lowest BCUT2D eigenvalue weighted by molar-refractivity contribution is -0.128. The summed E-state index contributed by atoms with van der Waals surface area (Å²) in [6.07, 6.45) is 0. The van der Waals surface area contributed by atoms with Gasteiger partial charge in [-0.15, -0.1) is 0 Å². The summed E-state index contributed by atoms with van der Waals surface area (Å²) in [5.41, 5.74) is 2.06. The van der Waals surface area contributed by atoms with Crippen molar-refractivity contribution in [1.82, 2.24) is 4.90 Å². The number of likely N-dealkylation sites (N-methyl/N-ethyl adjacent to an activating group) is 1. The summed E-state index contributed by atoms with van der Waals surface area (Å²) < 4.78 is 0.993. The fourth-order valence-electron chi connectivity index (χ4n) is 1.86. The van der Waals surface area contributed by atoms with Crippen molar-refractivity contribution in [2.45, 2.75) is 6.54 Å². The highest BCUT2D eigenvalue weighted by Gasteiger charge is 2.08. The fraction of sp³-hybridized carbons (Fsp3) is 0.188. The number of anilines is 1. The van der Waals surface area contributed by atoms with Crippen LogP contribution in [0, 0.1) is 0 Å². The van der Waals surface area contributed by atoms with Gasteiger partial charge in [-0.05, 0) is 23.8 Å². The minimum Gasteiger partial charge on any atom is -0.376 e. The Morgan fingerprint density at radius 3 is 2.60 bits per heavy atom. The van der Waals surface area contributed by atoms with E-state index < -0.39 is 0 Å². The second-order valence-electron chi connectivity index (χ2n) is 4.60. The highest BCUT2D eigenvalue weighted by atomic mass is 79.9. The van der Waals surface area contributed by atoms with Crippen molar-refractivity contribution in [3.05, 3.63) is 64.6 Å². The predicted molar refractivity (Wildman–Crippen MR) is 85.5 cm³/mol. The summed E-state index contributed by atoms with van der Waals surface area (Å²) in [5, 5.41) is 3.13. The van der Waals surface area contributed by atoms with Crippen LogP contribution in [-0.2, 0) is 11.3 Å². The monoisotopic (exact) mass is 332 g/mol. The third kappa shape index (κ3) is 4.38. The summed E-state index contributed by atoms with van der Waals surface area (Å²) in [4.78, 5) is 13.8. The second-order valence-corrected chi connectivity index (χ2v) is 5.51. The van der Waals surface area contributed by atoms with Crippen LogP contribution in [0.1, 0.15) is 5.56 Å². The van der Waals surface area contributed by atoms with Crippen molar-refractivity contribution in [3.63, 3.8) is 0 Å². The van der Waals surface area contributed by atoms with Gasteiger partial charge in [-0.2, -0.15) is 0 Å². The van der Waals surface area contributed by atoms with E-state index in [1.807, 2.05) is 61.6 Å². The van der Waals surface area contributed by atoms with Crippen molar-refractivity contribution in [1.29, 1.82) is 0 Å². The average Bonchev–Trinajstić information content (AvgIpc) is 2.46. The van der Waals surface area contributed by atoms with Gasteiger partial charge in [0.2, 0.25) is 5.91 Å². The molecule has 2 rings (SSSR count). The van der Waals surface area contributed by atoms with Gasteiger partial charge < -0.3 is 10.2 Å². The zero-order valence-electron chi connectivity index (χ0n) is 11.3. The van der Waals surface area contributed by atoms with Gasteiger partial charge in [-0.25, -0.2) is 0 Å². The number of nitrogens with one attached hydrogen (secondary N) is 1. The standard InChI is InChI=1S/C16H17BrN2O/c1-19(12-13-6-3-2-4-7-13)16(20)11-18-15-9-5-8-14(17)10-15/h2-10,18H,11-12H2,1H3. The largest absolute Gasteiger partial charge is 0.376 e. The van der Waals surface area contributed by atoms with Crippen LogP contribution in [0.15, 0.2) is 59.1 Å². The SMILES string of the molecule is CN(Cc1ccccc1)C(=O)CNc1cccc(Br)c1. The second kappa shape index (κ2) is 7.10. The highest BCUT2D eigenvalue weighted by molar-refractivity contribution is 9.10. The Morgan fingerprint density at radius 1 is 1.15 bits per heavy atom. The molecule has 2 aromatic rings. The quantitative estimate of drug-likeness (QED) is 0.908. The molecule has 20 heavy (non-hydrogen) atoms. The van der Waals surface area contributed by atoms with E-state index in [0.29, 0.717) is 13.1 Å². The molecule has 0 spiro atoms. The number of hydrogen-bond acceptors (Lipinski definition) is 2. The van der Waals surface area contributed by atoms with Gasteiger partial charge in [0.05, 0.1) is 6.54 Å². The zero-order chi connectivity index (χ0) is 14.4. The van der Waals surface area contributed by atoms with Crippen molar-refractivity contribution in [2.24, 2.45) is 0 Å². The normalized spacial score (nSPS) is 10.1. The van der Waals surface area contributed by atoms with Crippen LogP contribution in [0.4, 0.5) is 5.69 Å². The van der Waals surface area contributed by atoms with Crippen LogP contribution >= 0.6 is 15.9 Å². The van der Waals surface area contributed by atoms with E-state index in [1.54, 1.807) is 4.90 Å².